The summed E-state index contributed by atoms with van der Waals surface area (Å²) >= 11 is 7.38. The van der Waals surface area contributed by atoms with E-state index in [-0.39, 0.29) is 11.9 Å². The molecule has 0 bridgehead atoms. The average Bonchev–Trinajstić information content (AvgIpc) is 2.41. The normalized spacial score (nSPS) is 21.8. The van der Waals surface area contributed by atoms with Crippen molar-refractivity contribution in [2.24, 2.45) is 5.84 Å². The van der Waals surface area contributed by atoms with Gasteiger partial charge in [0.25, 0.3) is 0 Å². The van der Waals surface area contributed by atoms with Crippen molar-refractivity contribution in [1.29, 1.82) is 0 Å². The number of nitrogens with one attached hydrogen (secondary N) is 1. The molecule has 1 fully saturated rings. The lowest BCUT2D eigenvalue weighted by Gasteiger charge is -2.29. The zero-order chi connectivity index (χ0) is 13.0. The van der Waals surface area contributed by atoms with Gasteiger partial charge in [0, 0.05) is 33.0 Å². The Morgan fingerprint density at radius 3 is 3.00 bits per heavy atom. The van der Waals surface area contributed by atoms with E-state index in [9.17, 15) is 4.39 Å². The van der Waals surface area contributed by atoms with E-state index in [1.807, 2.05) is 23.5 Å². The minimum absolute atomic E-state index is 0.181. The molecule has 1 saturated heterocycles. The Morgan fingerprint density at radius 1 is 1.50 bits per heavy atom. The van der Waals surface area contributed by atoms with Gasteiger partial charge >= 0.3 is 0 Å². The molecule has 2 unspecified atom stereocenters. The molecule has 0 aliphatic carbocycles. The van der Waals surface area contributed by atoms with E-state index in [1.54, 1.807) is 12.1 Å². The van der Waals surface area contributed by atoms with E-state index in [0.717, 1.165) is 28.0 Å². The fourth-order valence-electron chi connectivity index (χ4n) is 1.97. The smallest absolute Gasteiger partial charge is 0.123 e. The van der Waals surface area contributed by atoms with Gasteiger partial charge in [0.2, 0.25) is 0 Å². The second-order valence-electron chi connectivity index (χ2n) is 4.20. The van der Waals surface area contributed by atoms with Crippen molar-refractivity contribution in [3.05, 3.63) is 34.1 Å². The number of nitrogens with two attached hydrogens (primary N) is 1. The fraction of sp³-hybridized carbons (Fsp3) is 0.500. The van der Waals surface area contributed by atoms with Crippen LogP contribution in [0.4, 0.5) is 4.39 Å². The van der Waals surface area contributed by atoms with E-state index < -0.39 is 0 Å². The molecule has 0 radical (unpaired) electrons. The van der Waals surface area contributed by atoms with Gasteiger partial charge in [-0.3, -0.25) is 11.3 Å². The van der Waals surface area contributed by atoms with Gasteiger partial charge in [0.15, 0.2) is 0 Å². The highest BCUT2D eigenvalue weighted by Gasteiger charge is 2.24. The van der Waals surface area contributed by atoms with Crippen molar-refractivity contribution in [2.75, 3.05) is 17.3 Å². The Balaban J connectivity index is 2.06. The average molecular weight is 351 g/mol. The number of hydrazine groups is 1. The maximum atomic E-state index is 13.3. The molecule has 1 aromatic rings. The molecule has 2 rings (SSSR count). The van der Waals surface area contributed by atoms with E-state index in [1.165, 1.54) is 11.8 Å². The Morgan fingerprint density at radius 2 is 2.33 bits per heavy atom. The fourth-order valence-corrected chi connectivity index (χ4v) is 5.25. The maximum Gasteiger partial charge on any atom is 0.123 e. The van der Waals surface area contributed by atoms with E-state index in [0.29, 0.717) is 5.25 Å². The summed E-state index contributed by atoms with van der Waals surface area (Å²) in [5, 5.41) is 0.490. The molecule has 0 amide bonds. The molecule has 0 aromatic heterocycles. The first-order valence-electron chi connectivity index (χ1n) is 5.80. The first-order valence-corrected chi connectivity index (χ1v) is 8.79. The third-order valence-corrected chi connectivity index (χ3v) is 6.65. The number of halogens is 2. The largest absolute Gasteiger partial charge is 0.271 e. The summed E-state index contributed by atoms with van der Waals surface area (Å²) in [4.78, 5) is 0. The molecule has 2 nitrogen and oxygen atoms in total. The van der Waals surface area contributed by atoms with Gasteiger partial charge in [-0.05, 0) is 30.2 Å². The molecule has 100 valence electrons. The molecule has 6 heteroatoms. The van der Waals surface area contributed by atoms with Gasteiger partial charge in [-0.25, -0.2) is 4.39 Å². The standard InChI is InChI=1S/C12H16BrFN2S2/c13-10-2-1-9(14)5-8(10)6-11(16-15)12-7-17-3-4-18-12/h1-2,5,11-12,16H,3-4,6-7,15H2. The predicted molar refractivity (Wildman–Crippen MR) is 82.5 cm³/mol. The van der Waals surface area contributed by atoms with Crippen molar-refractivity contribution in [3.8, 4) is 0 Å². The summed E-state index contributed by atoms with van der Waals surface area (Å²) in [5.41, 5.74) is 3.86. The van der Waals surface area contributed by atoms with Crippen LogP contribution in [0.5, 0.6) is 0 Å². The van der Waals surface area contributed by atoms with Crippen LogP contribution in [0, 0.1) is 5.82 Å². The predicted octanol–water partition coefficient (Wildman–Crippen LogP) is 2.81. The molecule has 1 aliphatic heterocycles. The minimum Gasteiger partial charge on any atom is -0.271 e. The zero-order valence-corrected chi connectivity index (χ0v) is 13.1. The van der Waals surface area contributed by atoms with Crippen LogP contribution in [0.2, 0.25) is 0 Å². The molecule has 1 aromatic carbocycles. The summed E-state index contributed by atoms with van der Waals surface area (Å²) in [7, 11) is 0. The van der Waals surface area contributed by atoms with Gasteiger partial charge in [-0.2, -0.15) is 23.5 Å². The van der Waals surface area contributed by atoms with E-state index in [2.05, 4.69) is 21.4 Å². The topological polar surface area (TPSA) is 38.0 Å². The van der Waals surface area contributed by atoms with Crippen LogP contribution in [0.1, 0.15) is 5.56 Å². The molecule has 0 saturated carbocycles. The molecule has 1 aliphatic rings. The van der Waals surface area contributed by atoms with Gasteiger partial charge in [0.1, 0.15) is 5.82 Å². The summed E-state index contributed by atoms with van der Waals surface area (Å²) in [6.07, 6.45) is 0.743. The Kier molecular flexibility index (Phi) is 5.82. The van der Waals surface area contributed by atoms with Gasteiger partial charge in [-0.15, -0.1) is 0 Å². The molecular formula is C12H16BrFN2S2. The SMILES string of the molecule is NNC(Cc1cc(F)ccc1Br)C1CSCCS1. The minimum atomic E-state index is -0.199. The van der Waals surface area contributed by atoms with Crippen LogP contribution in [-0.4, -0.2) is 28.6 Å². The highest BCUT2D eigenvalue weighted by Crippen LogP contribution is 2.29. The van der Waals surface area contributed by atoms with Crippen LogP contribution in [0.15, 0.2) is 22.7 Å². The molecule has 0 spiro atoms. The summed E-state index contributed by atoms with van der Waals surface area (Å²) < 4.78 is 14.2. The second-order valence-corrected chi connectivity index (χ2v) is 7.55. The Labute approximate surface area is 124 Å². The second kappa shape index (κ2) is 7.14. The quantitative estimate of drug-likeness (QED) is 0.646. The Hall–Kier alpha value is 0.250. The summed E-state index contributed by atoms with van der Waals surface area (Å²) in [5.74, 6) is 8.94. The van der Waals surface area contributed by atoms with Crippen LogP contribution in [-0.2, 0) is 6.42 Å². The first kappa shape index (κ1) is 14.7. The number of rotatable bonds is 4. The van der Waals surface area contributed by atoms with Crippen molar-refractivity contribution < 1.29 is 4.39 Å². The van der Waals surface area contributed by atoms with Crippen LogP contribution in [0.3, 0.4) is 0 Å². The maximum absolute atomic E-state index is 13.3. The number of hydrogen-bond acceptors (Lipinski definition) is 4. The third-order valence-electron chi connectivity index (χ3n) is 2.95. The summed E-state index contributed by atoms with van der Waals surface area (Å²) in [6, 6.07) is 4.97. The van der Waals surface area contributed by atoms with E-state index in [4.69, 9.17) is 5.84 Å². The molecule has 3 N–H and O–H groups in total. The third kappa shape index (κ3) is 3.87. The molecule has 2 atom stereocenters. The van der Waals surface area contributed by atoms with Gasteiger partial charge < -0.3 is 0 Å². The number of benzene rings is 1. The van der Waals surface area contributed by atoms with Crippen molar-refractivity contribution in [3.63, 3.8) is 0 Å². The zero-order valence-electron chi connectivity index (χ0n) is 9.86. The van der Waals surface area contributed by atoms with Crippen LogP contribution in [0.25, 0.3) is 0 Å². The lowest BCUT2D eigenvalue weighted by molar-refractivity contribution is 0.520. The lowest BCUT2D eigenvalue weighted by atomic mass is 10.0. The summed E-state index contributed by atoms with van der Waals surface area (Å²) in [6.45, 7) is 0. The van der Waals surface area contributed by atoms with Crippen molar-refractivity contribution >= 4 is 39.5 Å². The highest BCUT2D eigenvalue weighted by molar-refractivity contribution is 9.10. The molecule has 18 heavy (non-hydrogen) atoms. The first-order chi connectivity index (χ1) is 8.70. The van der Waals surface area contributed by atoms with Crippen molar-refractivity contribution in [1.82, 2.24) is 5.43 Å². The molecule has 1 heterocycles. The highest BCUT2D eigenvalue weighted by atomic mass is 79.9. The van der Waals surface area contributed by atoms with Crippen LogP contribution >= 0.6 is 39.5 Å². The molecular weight excluding hydrogens is 335 g/mol. The Bertz CT molecular complexity index is 400. The lowest BCUT2D eigenvalue weighted by Crippen LogP contribution is -2.46. The van der Waals surface area contributed by atoms with Gasteiger partial charge in [0.05, 0.1) is 0 Å². The van der Waals surface area contributed by atoms with E-state index >= 15 is 0 Å². The van der Waals surface area contributed by atoms with Crippen LogP contribution < -0.4 is 11.3 Å². The van der Waals surface area contributed by atoms with Gasteiger partial charge in [-0.1, -0.05) is 15.9 Å². The number of thioether (sulfide) groups is 2. The monoisotopic (exact) mass is 350 g/mol. The number of hydrogen-bond donors (Lipinski definition) is 2. The van der Waals surface area contributed by atoms with Crippen molar-refractivity contribution in [2.45, 2.75) is 17.7 Å².